The standard InChI is InChI=1S/C22H24ClNO6/c1-3-28-20(25)18(21(26)29-4-2)19(16-11-8-12-17(23)13-16)24-22(27)30-14-15-9-6-5-7-10-15/h5-13,18-19H,3-4,14H2,1-2H3,(H,24,27)/t19-/m1/s1. The van der Waals surface area contributed by atoms with Gasteiger partial charge in [-0.2, -0.15) is 0 Å². The highest BCUT2D eigenvalue weighted by atomic mass is 35.5. The van der Waals surface area contributed by atoms with Gasteiger partial charge in [-0.05, 0) is 37.1 Å². The smallest absolute Gasteiger partial charge is 0.407 e. The van der Waals surface area contributed by atoms with Crippen LogP contribution in [0.5, 0.6) is 0 Å². The van der Waals surface area contributed by atoms with Crippen LogP contribution in [0.25, 0.3) is 0 Å². The molecule has 0 spiro atoms. The Morgan fingerprint density at radius 1 is 0.900 bits per heavy atom. The zero-order valence-electron chi connectivity index (χ0n) is 16.8. The summed E-state index contributed by atoms with van der Waals surface area (Å²) >= 11 is 6.08. The lowest BCUT2D eigenvalue weighted by molar-refractivity contribution is -0.163. The molecule has 1 atom stereocenters. The molecule has 0 aliphatic rings. The minimum absolute atomic E-state index is 0.0262. The number of hydrogen-bond acceptors (Lipinski definition) is 6. The van der Waals surface area contributed by atoms with Gasteiger partial charge in [0.25, 0.3) is 0 Å². The fourth-order valence-corrected chi connectivity index (χ4v) is 2.98. The summed E-state index contributed by atoms with van der Waals surface area (Å²) in [5.74, 6) is -3.05. The van der Waals surface area contributed by atoms with Gasteiger partial charge >= 0.3 is 18.0 Å². The summed E-state index contributed by atoms with van der Waals surface area (Å²) in [6, 6.07) is 14.5. The van der Waals surface area contributed by atoms with E-state index in [1.54, 1.807) is 38.1 Å². The molecule has 7 nitrogen and oxygen atoms in total. The molecule has 2 aromatic carbocycles. The third-order valence-corrected chi connectivity index (χ3v) is 4.34. The van der Waals surface area contributed by atoms with Gasteiger partial charge < -0.3 is 19.5 Å². The Bertz CT molecular complexity index is 840. The highest BCUT2D eigenvalue weighted by molar-refractivity contribution is 6.30. The van der Waals surface area contributed by atoms with Crippen molar-refractivity contribution in [3.8, 4) is 0 Å². The summed E-state index contributed by atoms with van der Waals surface area (Å²) in [5.41, 5.74) is 1.23. The van der Waals surface area contributed by atoms with Crippen LogP contribution < -0.4 is 5.32 Å². The predicted octanol–water partition coefficient (Wildman–Crippen LogP) is 4.05. The molecule has 0 unspecified atom stereocenters. The van der Waals surface area contributed by atoms with Gasteiger partial charge in [-0.25, -0.2) is 4.79 Å². The number of benzene rings is 2. The molecule has 2 rings (SSSR count). The van der Waals surface area contributed by atoms with E-state index in [9.17, 15) is 14.4 Å². The molecule has 0 aliphatic heterocycles. The predicted molar refractivity (Wildman–Crippen MR) is 111 cm³/mol. The summed E-state index contributed by atoms with van der Waals surface area (Å²) in [7, 11) is 0. The Hall–Kier alpha value is -3.06. The third kappa shape index (κ3) is 6.77. The molecule has 160 valence electrons. The van der Waals surface area contributed by atoms with Crippen LogP contribution in [0.15, 0.2) is 54.6 Å². The van der Waals surface area contributed by atoms with Crippen LogP contribution >= 0.6 is 11.6 Å². The Morgan fingerprint density at radius 2 is 1.53 bits per heavy atom. The number of halogens is 1. The first kappa shape index (κ1) is 23.2. The SMILES string of the molecule is CCOC(=O)C(C(=O)OCC)[C@H](NC(=O)OCc1ccccc1)c1cccc(Cl)c1. The first-order valence-corrected chi connectivity index (χ1v) is 9.90. The molecule has 0 saturated carbocycles. The van der Waals surface area contributed by atoms with Gasteiger partial charge in [0.2, 0.25) is 0 Å². The molecular weight excluding hydrogens is 410 g/mol. The van der Waals surface area contributed by atoms with Crippen molar-refractivity contribution in [2.75, 3.05) is 13.2 Å². The van der Waals surface area contributed by atoms with E-state index in [4.69, 9.17) is 25.8 Å². The quantitative estimate of drug-likeness (QED) is 0.364. The van der Waals surface area contributed by atoms with Gasteiger partial charge in [-0.15, -0.1) is 0 Å². The molecule has 1 amide bonds. The zero-order valence-corrected chi connectivity index (χ0v) is 17.6. The summed E-state index contributed by atoms with van der Waals surface area (Å²) in [4.78, 5) is 37.6. The van der Waals surface area contributed by atoms with Crippen LogP contribution in [0.3, 0.4) is 0 Å². The maximum atomic E-state index is 12.6. The number of ether oxygens (including phenoxy) is 3. The molecule has 0 aliphatic carbocycles. The average molecular weight is 434 g/mol. The van der Waals surface area contributed by atoms with E-state index in [1.165, 1.54) is 0 Å². The molecule has 0 saturated heterocycles. The Balaban J connectivity index is 2.28. The largest absolute Gasteiger partial charge is 0.465 e. The molecule has 0 heterocycles. The maximum Gasteiger partial charge on any atom is 0.407 e. The molecule has 1 N–H and O–H groups in total. The van der Waals surface area contributed by atoms with Crippen LogP contribution in [-0.2, 0) is 30.4 Å². The van der Waals surface area contributed by atoms with Crippen LogP contribution in [-0.4, -0.2) is 31.2 Å². The Kier molecular flexibility index (Phi) is 9.15. The van der Waals surface area contributed by atoms with Crippen LogP contribution in [0.1, 0.15) is 31.0 Å². The fraction of sp³-hybridized carbons (Fsp3) is 0.318. The van der Waals surface area contributed by atoms with Crippen molar-refractivity contribution in [3.63, 3.8) is 0 Å². The summed E-state index contributed by atoms with van der Waals surface area (Å²) in [6.45, 7) is 3.40. The number of esters is 2. The summed E-state index contributed by atoms with van der Waals surface area (Å²) in [6.07, 6.45) is -0.803. The summed E-state index contributed by atoms with van der Waals surface area (Å²) < 4.78 is 15.4. The number of carbonyl (C=O) groups excluding carboxylic acids is 3. The van der Waals surface area contributed by atoms with Crippen LogP contribution in [0.2, 0.25) is 5.02 Å². The molecule has 8 heteroatoms. The first-order chi connectivity index (χ1) is 14.5. The third-order valence-electron chi connectivity index (χ3n) is 4.11. The first-order valence-electron chi connectivity index (χ1n) is 9.52. The molecule has 0 bridgehead atoms. The maximum absolute atomic E-state index is 12.6. The molecule has 0 radical (unpaired) electrons. The van der Waals surface area contributed by atoms with Gasteiger partial charge in [0.05, 0.1) is 19.3 Å². The number of carbonyl (C=O) groups is 3. The lowest BCUT2D eigenvalue weighted by atomic mass is 9.93. The van der Waals surface area contributed by atoms with Gasteiger partial charge in [-0.3, -0.25) is 9.59 Å². The number of hydrogen-bond donors (Lipinski definition) is 1. The fourth-order valence-electron chi connectivity index (χ4n) is 2.78. The van der Waals surface area contributed by atoms with Crippen LogP contribution in [0.4, 0.5) is 4.79 Å². The van der Waals surface area contributed by atoms with Gasteiger partial charge in [0.15, 0.2) is 5.92 Å². The van der Waals surface area contributed by atoms with Gasteiger partial charge in [-0.1, -0.05) is 54.1 Å². The van der Waals surface area contributed by atoms with E-state index in [0.717, 1.165) is 5.56 Å². The van der Waals surface area contributed by atoms with Crippen molar-refractivity contribution in [1.29, 1.82) is 0 Å². The van der Waals surface area contributed by atoms with E-state index < -0.39 is 30.0 Å². The minimum atomic E-state index is -1.42. The lowest BCUT2D eigenvalue weighted by Crippen LogP contribution is -2.42. The second kappa shape index (κ2) is 11.8. The molecule has 30 heavy (non-hydrogen) atoms. The van der Waals surface area contributed by atoms with Crippen molar-refractivity contribution in [1.82, 2.24) is 5.32 Å². The minimum Gasteiger partial charge on any atom is -0.465 e. The molecular formula is C22H24ClNO6. The average Bonchev–Trinajstić information content (AvgIpc) is 2.73. The number of amides is 1. The van der Waals surface area contributed by atoms with E-state index in [-0.39, 0.29) is 19.8 Å². The van der Waals surface area contributed by atoms with Crippen molar-refractivity contribution in [2.24, 2.45) is 5.92 Å². The normalized spacial score (nSPS) is 11.5. The molecule has 0 aromatic heterocycles. The van der Waals surface area contributed by atoms with Crippen LogP contribution in [0, 0.1) is 5.92 Å². The van der Waals surface area contributed by atoms with Crippen molar-refractivity contribution >= 4 is 29.6 Å². The van der Waals surface area contributed by atoms with E-state index in [0.29, 0.717) is 10.6 Å². The Morgan fingerprint density at radius 3 is 2.10 bits per heavy atom. The van der Waals surface area contributed by atoms with E-state index in [2.05, 4.69) is 5.32 Å². The molecule has 2 aromatic rings. The van der Waals surface area contributed by atoms with E-state index in [1.807, 2.05) is 30.3 Å². The topological polar surface area (TPSA) is 90.9 Å². The van der Waals surface area contributed by atoms with Crippen molar-refractivity contribution in [2.45, 2.75) is 26.5 Å². The van der Waals surface area contributed by atoms with Gasteiger partial charge in [0, 0.05) is 5.02 Å². The molecule has 0 fully saturated rings. The van der Waals surface area contributed by atoms with Crippen molar-refractivity contribution in [3.05, 3.63) is 70.7 Å². The number of rotatable bonds is 9. The van der Waals surface area contributed by atoms with E-state index >= 15 is 0 Å². The number of nitrogens with one attached hydrogen (secondary N) is 1. The van der Waals surface area contributed by atoms with Gasteiger partial charge in [0.1, 0.15) is 6.61 Å². The Labute approximate surface area is 180 Å². The zero-order chi connectivity index (χ0) is 21.9. The highest BCUT2D eigenvalue weighted by Crippen LogP contribution is 2.27. The second-order valence-electron chi connectivity index (χ2n) is 6.22. The monoisotopic (exact) mass is 433 g/mol. The summed E-state index contributed by atoms with van der Waals surface area (Å²) in [5, 5.41) is 2.97. The number of alkyl carbamates (subject to hydrolysis) is 1. The lowest BCUT2D eigenvalue weighted by Gasteiger charge is -2.25. The van der Waals surface area contributed by atoms with Crippen molar-refractivity contribution < 1.29 is 28.6 Å². The highest BCUT2D eigenvalue weighted by Gasteiger charge is 2.40. The second-order valence-corrected chi connectivity index (χ2v) is 6.66.